The SMILES string of the molecule is Cc1cccc(N)c1C(=O)OC(C)C(=O)NC1CCCC1. The number of carbonyl (C=O) groups excluding carboxylic acids is 2. The van der Waals surface area contributed by atoms with Gasteiger partial charge in [-0.1, -0.05) is 25.0 Å². The maximum absolute atomic E-state index is 12.2. The molecule has 0 bridgehead atoms. The van der Waals surface area contributed by atoms with E-state index in [4.69, 9.17) is 10.5 Å². The molecule has 1 amide bonds. The summed E-state index contributed by atoms with van der Waals surface area (Å²) in [5.74, 6) is -0.804. The maximum Gasteiger partial charge on any atom is 0.341 e. The van der Waals surface area contributed by atoms with Gasteiger partial charge in [0.1, 0.15) is 0 Å². The van der Waals surface area contributed by atoms with E-state index in [9.17, 15) is 9.59 Å². The Hall–Kier alpha value is -2.04. The minimum Gasteiger partial charge on any atom is -0.449 e. The van der Waals surface area contributed by atoms with Crippen molar-refractivity contribution >= 4 is 17.6 Å². The molecule has 0 saturated heterocycles. The lowest BCUT2D eigenvalue weighted by molar-refractivity contribution is -0.129. The highest BCUT2D eigenvalue weighted by Crippen LogP contribution is 2.19. The number of hydrogen-bond donors (Lipinski definition) is 2. The molecular formula is C16H22N2O3. The Bertz CT molecular complexity index is 516. The largest absolute Gasteiger partial charge is 0.449 e. The summed E-state index contributed by atoms with van der Waals surface area (Å²) in [6.07, 6.45) is 3.45. The van der Waals surface area contributed by atoms with Crippen LogP contribution in [-0.4, -0.2) is 24.0 Å². The van der Waals surface area contributed by atoms with Gasteiger partial charge in [-0.25, -0.2) is 4.79 Å². The number of nitrogens with one attached hydrogen (secondary N) is 1. The fourth-order valence-corrected chi connectivity index (χ4v) is 2.63. The van der Waals surface area contributed by atoms with Gasteiger partial charge in [0.05, 0.1) is 5.56 Å². The molecule has 1 aromatic carbocycles. The number of anilines is 1. The number of ether oxygens (including phenoxy) is 1. The first kappa shape index (κ1) is 15.4. The number of esters is 1. The number of nitrogen functional groups attached to an aromatic ring is 1. The molecule has 2 rings (SSSR count). The van der Waals surface area contributed by atoms with Crippen LogP contribution >= 0.6 is 0 Å². The minimum absolute atomic E-state index is 0.210. The number of amides is 1. The van der Waals surface area contributed by atoms with Crippen LogP contribution < -0.4 is 11.1 Å². The predicted molar refractivity (Wildman–Crippen MR) is 80.9 cm³/mol. The Kier molecular flexibility index (Phi) is 4.83. The molecule has 1 aromatic rings. The van der Waals surface area contributed by atoms with Crippen molar-refractivity contribution in [2.45, 2.75) is 51.7 Å². The van der Waals surface area contributed by atoms with E-state index in [0.29, 0.717) is 11.3 Å². The molecular weight excluding hydrogens is 268 g/mol. The summed E-state index contributed by atoms with van der Waals surface area (Å²) in [7, 11) is 0. The van der Waals surface area contributed by atoms with Gasteiger partial charge in [0.15, 0.2) is 6.10 Å². The van der Waals surface area contributed by atoms with Crippen molar-refractivity contribution in [2.24, 2.45) is 0 Å². The average molecular weight is 290 g/mol. The monoisotopic (exact) mass is 290 g/mol. The van der Waals surface area contributed by atoms with Crippen LogP contribution in [0.1, 0.15) is 48.5 Å². The third-order valence-corrected chi connectivity index (χ3v) is 3.86. The molecule has 5 nitrogen and oxygen atoms in total. The molecule has 0 heterocycles. The van der Waals surface area contributed by atoms with Crippen molar-refractivity contribution in [3.8, 4) is 0 Å². The van der Waals surface area contributed by atoms with E-state index < -0.39 is 12.1 Å². The molecule has 0 aliphatic heterocycles. The summed E-state index contributed by atoms with van der Waals surface area (Å²) in [6, 6.07) is 5.42. The molecule has 1 aliphatic rings. The second-order valence-electron chi connectivity index (χ2n) is 5.58. The topological polar surface area (TPSA) is 81.4 Å². The van der Waals surface area contributed by atoms with Gasteiger partial charge in [-0.2, -0.15) is 0 Å². The molecule has 21 heavy (non-hydrogen) atoms. The van der Waals surface area contributed by atoms with Crippen LogP contribution in [0.15, 0.2) is 18.2 Å². The van der Waals surface area contributed by atoms with E-state index in [1.54, 1.807) is 32.0 Å². The lowest BCUT2D eigenvalue weighted by Gasteiger charge is -2.18. The number of nitrogens with two attached hydrogens (primary N) is 1. The van der Waals surface area contributed by atoms with Crippen LogP contribution in [0.3, 0.4) is 0 Å². The molecule has 0 aromatic heterocycles. The summed E-state index contributed by atoms with van der Waals surface area (Å²) >= 11 is 0. The van der Waals surface area contributed by atoms with E-state index in [1.165, 1.54) is 0 Å². The first-order valence-corrected chi connectivity index (χ1v) is 7.35. The Morgan fingerprint density at radius 2 is 2.00 bits per heavy atom. The summed E-state index contributed by atoms with van der Waals surface area (Å²) in [4.78, 5) is 24.2. The smallest absolute Gasteiger partial charge is 0.341 e. The molecule has 1 saturated carbocycles. The highest BCUT2D eigenvalue weighted by atomic mass is 16.5. The van der Waals surface area contributed by atoms with Crippen LogP contribution in [0.2, 0.25) is 0 Å². The van der Waals surface area contributed by atoms with Crippen molar-refractivity contribution in [1.82, 2.24) is 5.32 Å². The van der Waals surface area contributed by atoms with Crippen molar-refractivity contribution in [2.75, 3.05) is 5.73 Å². The van der Waals surface area contributed by atoms with Crippen LogP contribution in [0, 0.1) is 6.92 Å². The molecule has 5 heteroatoms. The number of benzene rings is 1. The van der Waals surface area contributed by atoms with Gasteiger partial charge in [0.2, 0.25) is 0 Å². The van der Waals surface area contributed by atoms with Crippen molar-refractivity contribution in [3.05, 3.63) is 29.3 Å². The molecule has 1 unspecified atom stereocenters. The minimum atomic E-state index is -0.822. The Morgan fingerprint density at radius 3 is 2.62 bits per heavy atom. The quantitative estimate of drug-likeness (QED) is 0.658. The Balaban J connectivity index is 1.96. The van der Waals surface area contributed by atoms with Gasteiger partial charge in [-0.15, -0.1) is 0 Å². The molecule has 1 fully saturated rings. The van der Waals surface area contributed by atoms with E-state index in [-0.39, 0.29) is 11.9 Å². The van der Waals surface area contributed by atoms with Crippen molar-refractivity contribution in [3.63, 3.8) is 0 Å². The Labute approximate surface area is 124 Å². The first-order chi connectivity index (χ1) is 9.99. The Morgan fingerprint density at radius 1 is 1.33 bits per heavy atom. The highest BCUT2D eigenvalue weighted by Gasteiger charge is 2.24. The second-order valence-corrected chi connectivity index (χ2v) is 5.58. The van der Waals surface area contributed by atoms with Gasteiger partial charge in [-0.3, -0.25) is 4.79 Å². The third-order valence-electron chi connectivity index (χ3n) is 3.86. The molecule has 114 valence electrons. The van der Waals surface area contributed by atoms with Gasteiger partial charge < -0.3 is 15.8 Å². The van der Waals surface area contributed by atoms with Crippen molar-refractivity contribution in [1.29, 1.82) is 0 Å². The number of carbonyl (C=O) groups is 2. The van der Waals surface area contributed by atoms with Crippen LogP contribution in [0.4, 0.5) is 5.69 Å². The molecule has 1 aliphatic carbocycles. The number of hydrogen-bond acceptors (Lipinski definition) is 4. The zero-order chi connectivity index (χ0) is 15.4. The summed E-state index contributed by atoms with van der Waals surface area (Å²) in [6.45, 7) is 3.37. The van der Waals surface area contributed by atoms with E-state index >= 15 is 0 Å². The number of rotatable bonds is 4. The van der Waals surface area contributed by atoms with Crippen molar-refractivity contribution < 1.29 is 14.3 Å². The van der Waals surface area contributed by atoms with Gasteiger partial charge in [-0.05, 0) is 38.3 Å². The van der Waals surface area contributed by atoms with E-state index in [0.717, 1.165) is 31.2 Å². The zero-order valence-electron chi connectivity index (χ0n) is 12.5. The number of aryl methyl sites for hydroxylation is 1. The first-order valence-electron chi connectivity index (χ1n) is 7.35. The van der Waals surface area contributed by atoms with Gasteiger partial charge in [0, 0.05) is 11.7 Å². The maximum atomic E-state index is 12.2. The highest BCUT2D eigenvalue weighted by molar-refractivity contribution is 5.98. The normalized spacial score (nSPS) is 16.5. The van der Waals surface area contributed by atoms with Crippen LogP contribution in [-0.2, 0) is 9.53 Å². The zero-order valence-corrected chi connectivity index (χ0v) is 12.5. The standard InChI is InChI=1S/C16H22N2O3/c1-10-6-5-9-13(17)14(10)16(20)21-11(2)15(19)18-12-7-3-4-8-12/h5-6,9,11-12H,3-4,7-8,17H2,1-2H3,(H,18,19). The van der Waals surface area contributed by atoms with Gasteiger partial charge in [0.25, 0.3) is 5.91 Å². The molecule has 3 N–H and O–H groups in total. The summed E-state index contributed by atoms with van der Waals surface area (Å²) < 4.78 is 5.24. The van der Waals surface area contributed by atoms with E-state index in [2.05, 4.69) is 5.32 Å². The lowest BCUT2D eigenvalue weighted by atomic mass is 10.1. The van der Waals surface area contributed by atoms with Crippen LogP contribution in [0.25, 0.3) is 0 Å². The predicted octanol–water partition coefficient (Wildman–Crippen LogP) is 2.18. The van der Waals surface area contributed by atoms with Crippen LogP contribution in [0.5, 0.6) is 0 Å². The fraction of sp³-hybridized carbons (Fsp3) is 0.500. The second kappa shape index (κ2) is 6.61. The molecule has 0 radical (unpaired) electrons. The average Bonchev–Trinajstić information content (AvgIpc) is 2.91. The van der Waals surface area contributed by atoms with E-state index in [1.807, 2.05) is 0 Å². The molecule has 1 atom stereocenters. The summed E-state index contributed by atoms with van der Waals surface area (Å²) in [5, 5.41) is 2.92. The summed E-state index contributed by atoms with van der Waals surface area (Å²) in [5.41, 5.74) is 7.24. The molecule has 0 spiro atoms. The fourth-order valence-electron chi connectivity index (χ4n) is 2.63. The lowest BCUT2D eigenvalue weighted by Crippen LogP contribution is -2.41. The van der Waals surface area contributed by atoms with Gasteiger partial charge >= 0.3 is 5.97 Å². The third kappa shape index (κ3) is 3.74.